The molecule has 1 aromatic carbocycles. The van der Waals surface area contributed by atoms with Crippen molar-refractivity contribution in [1.82, 2.24) is 0 Å². The van der Waals surface area contributed by atoms with E-state index in [0.717, 1.165) is 29.6 Å². The lowest BCUT2D eigenvalue weighted by Gasteiger charge is -2.08. The third-order valence-corrected chi connectivity index (χ3v) is 3.76. The Kier molecular flexibility index (Phi) is 3.72. The number of rotatable bonds is 3. The van der Waals surface area contributed by atoms with Crippen LogP contribution < -0.4 is 10.1 Å². The van der Waals surface area contributed by atoms with E-state index in [4.69, 9.17) is 4.74 Å². The van der Waals surface area contributed by atoms with Crippen molar-refractivity contribution in [2.75, 3.05) is 19.0 Å². The van der Waals surface area contributed by atoms with Crippen molar-refractivity contribution in [1.29, 1.82) is 0 Å². The molecule has 4 heteroatoms. The zero-order chi connectivity index (χ0) is 11.4. The highest BCUT2D eigenvalue weighted by molar-refractivity contribution is 8.15. The molecule has 16 heavy (non-hydrogen) atoms. The molecule has 0 radical (unpaired) electrons. The fourth-order valence-corrected chi connectivity index (χ4v) is 2.48. The number of nitrogens with zero attached hydrogens (tertiary/aromatic N) is 1. The van der Waals surface area contributed by atoms with Crippen molar-refractivity contribution in [3.05, 3.63) is 24.3 Å². The smallest absolute Gasteiger partial charge is 0.161 e. The Bertz CT molecular complexity index is 392. The number of nitrogens with one attached hydrogen (secondary N) is 1. The van der Waals surface area contributed by atoms with Gasteiger partial charge in [0, 0.05) is 17.0 Å². The zero-order valence-electron chi connectivity index (χ0n) is 9.56. The number of thioether (sulfide) groups is 1. The maximum atomic E-state index is 5.17. The van der Waals surface area contributed by atoms with Gasteiger partial charge in [0.15, 0.2) is 5.17 Å². The Morgan fingerprint density at radius 3 is 3.12 bits per heavy atom. The van der Waals surface area contributed by atoms with Crippen LogP contribution in [0.25, 0.3) is 0 Å². The largest absolute Gasteiger partial charge is 0.497 e. The second-order valence-electron chi connectivity index (χ2n) is 3.65. The van der Waals surface area contributed by atoms with Crippen LogP contribution in [0.1, 0.15) is 13.3 Å². The first-order valence-electron chi connectivity index (χ1n) is 5.44. The van der Waals surface area contributed by atoms with E-state index in [1.807, 2.05) is 36.0 Å². The molecule has 0 saturated carbocycles. The monoisotopic (exact) mass is 236 g/mol. The summed E-state index contributed by atoms with van der Waals surface area (Å²) in [5.41, 5.74) is 1.03. The summed E-state index contributed by atoms with van der Waals surface area (Å²) >= 11 is 1.82. The summed E-state index contributed by atoms with van der Waals surface area (Å²) in [6.07, 6.45) is 1.16. The molecule has 0 unspecified atom stereocenters. The fraction of sp³-hybridized carbons (Fsp3) is 0.417. The number of ether oxygens (including phenoxy) is 1. The average Bonchev–Trinajstić information content (AvgIpc) is 2.77. The highest BCUT2D eigenvalue weighted by Gasteiger charge is 2.17. The number of benzene rings is 1. The number of hydrogen-bond donors (Lipinski definition) is 1. The predicted molar refractivity (Wildman–Crippen MR) is 70.6 cm³/mol. The van der Waals surface area contributed by atoms with Crippen molar-refractivity contribution in [3.8, 4) is 5.75 Å². The zero-order valence-corrected chi connectivity index (χ0v) is 10.4. The van der Waals surface area contributed by atoms with E-state index in [2.05, 4.69) is 17.2 Å². The summed E-state index contributed by atoms with van der Waals surface area (Å²) < 4.78 is 5.17. The standard InChI is InChI=1S/C12H16N2OS/c1-3-11-8-13-12(16-11)14-9-5-4-6-10(7-9)15-2/h4-7,11H,3,8H2,1-2H3,(H,13,14)/t11-/m0/s1. The minimum absolute atomic E-state index is 0.633. The molecule has 0 saturated heterocycles. The molecule has 0 aliphatic carbocycles. The van der Waals surface area contributed by atoms with Crippen molar-refractivity contribution in [3.63, 3.8) is 0 Å². The summed E-state index contributed by atoms with van der Waals surface area (Å²) in [4.78, 5) is 4.47. The van der Waals surface area contributed by atoms with Crippen molar-refractivity contribution < 1.29 is 4.74 Å². The Morgan fingerprint density at radius 1 is 1.56 bits per heavy atom. The minimum Gasteiger partial charge on any atom is -0.497 e. The minimum atomic E-state index is 0.633. The number of aliphatic imine (C=N–C) groups is 1. The van der Waals surface area contributed by atoms with Crippen LogP contribution in [-0.4, -0.2) is 24.1 Å². The molecule has 0 aromatic heterocycles. The maximum Gasteiger partial charge on any atom is 0.161 e. The van der Waals surface area contributed by atoms with Gasteiger partial charge in [-0.25, -0.2) is 0 Å². The van der Waals surface area contributed by atoms with Crippen LogP contribution in [0, 0.1) is 0 Å². The maximum absolute atomic E-state index is 5.17. The topological polar surface area (TPSA) is 33.6 Å². The van der Waals surface area contributed by atoms with E-state index in [-0.39, 0.29) is 0 Å². The van der Waals surface area contributed by atoms with Gasteiger partial charge in [0.05, 0.1) is 13.7 Å². The average molecular weight is 236 g/mol. The second kappa shape index (κ2) is 5.25. The first-order valence-corrected chi connectivity index (χ1v) is 6.32. The summed E-state index contributed by atoms with van der Waals surface area (Å²) in [7, 11) is 1.67. The van der Waals surface area contributed by atoms with Crippen LogP contribution in [0.5, 0.6) is 5.75 Å². The van der Waals surface area contributed by atoms with Crippen LogP contribution in [0.15, 0.2) is 29.3 Å². The molecule has 1 atom stereocenters. The molecule has 0 amide bonds. The highest BCUT2D eigenvalue weighted by atomic mass is 32.2. The van der Waals surface area contributed by atoms with Gasteiger partial charge in [-0.1, -0.05) is 24.8 Å². The molecule has 1 aliphatic rings. The van der Waals surface area contributed by atoms with Crippen LogP contribution in [0.3, 0.4) is 0 Å². The molecule has 3 nitrogen and oxygen atoms in total. The Balaban J connectivity index is 1.99. The first kappa shape index (κ1) is 11.3. The molecule has 2 rings (SSSR count). The quantitative estimate of drug-likeness (QED) is 0.876. The number of anilines is 1. The van der Waals surface area contributed by atoms with E-state index >= 15 is 0 Å². The van der Waals surface area contributed by atoms with Crippen molar-refractivity contribution >= 4 is 22.6 Å². The van der Waals surface area contributed by atoms with Crippen LogP contribution in [0.2, 0.25) is 0 Å². The molecular weight excluding hydrogens is 220 g/mol. The fourth-order valence-electron chi connectivity index (χ4n) is 1.52. The van der Waals surface area contributed by atoms with E-state index < -0.39 is 0 Å². The van der Waals surface area contributed by atoms with Gasteiger partial charge < -0.3 is 10.1 Å². The summed E-state index contributed by atoms with van der Waals surface area (Å²) in [5.74, 6) is 0.862. The molecule has 86 valence electrons. The van der Waals surface area contributed by atoms with Gasteiger partial charge >= 0.3 is 0 Å². The molecule has 0 spiro atoms. The molecule has 1 heterocycles. The van der Waals surface area contributed by atoms with Gasteiger partial charge in [0.25, 0.3) is 0 Å². The van der Waals surface area contributed by atoms with Crippen molar-refractivity contribution in [2.24, 2.45) is 4.99 Å². The van der Waals surface area contributed by atoms with Crippen molar-refractivity contribution in [2.45, 2.75) is 18.6 Å². The lowest BCUT2D eigenvalue weighted by atomic mass is 10.3. The summed E-state index contributed by atoms with van der Waals surface area (Å²) in [5, 5.41) is 4.96. The lowest BCUT2D eigenvalue weighted by molar-refractivity contribution is 0.415. The molecule has 0 bridgehead atoms. The molecule has 1 N–H and O–H groups in total. The van der Waals surface area contributed by atoms with Gasteiger partial charge in [-0.3, -0.25) is 4.99 Å². The number of methoxy groups -OCH3 is 1. The normalized spacial score (nSPS) is 19.4. The Morgan fingerprint density at radius 2 is 2.44 bits per heavy atom. The van der Waals surface area contributed by atoms with Gasteiger partial charge in [0.2, 0.25) is 0 Å². The molecular formula is C12H16N2OS. The van der Waals surface area contributed by atoms with Gasteiger partial charge in [-0.05, 0) is 18.6 Å². The Hall–Kier alpha value is -1.16. The van der Waals surface area contributed by atoms with Crippen LogP contribution in [0.4, 0.5) is 5.69 Å². The number of amidine groups is 1. The van der Waals surface area contributed by atoms with E-state index in [1.54, 1.807) is 7.11 Å². The van der Waals surface area contributed by atoms with E-state index in [9.17, 15) is 0 Å². The second-order valence-corrected chi connectivity index (χ2v) is 4.94. The van der Waals surface area contributed by atoms with E-state index in [0.29, 0.717) is 5.25 Å². The van der Waals surface area contributed by atoms with E-state index in [1.165, 1.54) is 0 Å². The third kappa shape index (κ3) is 2.70. The third-order valence-electron chi connectivity index (χ3n) is 2.49. The molecule has 1 aliphatic heterocycles. The Labute approximate surface area is 100 Å². The van der Waals surface area contributed by atoms with Crippen LogP contribution in [-0.2, 0) is 0 Å². The summed E-state index contributed by atoms with van der Waals surface area (Å²) in [6, 6.07) is 7.90. The highest BCUT2D eigenvalue weighted by Crippen LogP contribution is 2.25. The lowest BCUT2D eigenvalue weighted by Crippen LogP contribution is -2.06. The first-order chi connectivity index (χ1) is 7.81. The predicted octanol–water partition coefficient (Wildman–Crippen LogP) is 2.99. The molecule has 1 aromatic rings. The molecule has 0 fully saturated rings. The number of hydrogen-bond acceptors (Lipinski definition) is 4. The SMILES string of the molecule is CC[C@H]1CN=C(Nc2cccc(OC)c2)S1. The van der Waals surface area contributed by atoms with Gasteiger partial charge in [-0.15, -0.1) is 0 Å². The van der Waals surface area contributed by atoms with Gasteiger partial charge in [0.1, 0.15) is 5.75 Å². The van der Waals surface area contributed by atoms with Gasteiger partial charge in [-0.2, -0.15) is 0 Å². The van der Waals surface area contributed by atoms with Crippen LogP contribution >= 0.6 is 11.8 Å². The summed E-state index contributed by atoms with van der Waals surface area (Å²) in [6.45, 7) is 3.12.